The molecular weight excluding hydrogens is 285 g/mol. The van der Waals surface area contributed by atoms with E-state index in [0.717, 1.165) is 0 Å². The lowest BCUT2D eigenvalue weighted by atomic mass is 10.3. The van der Waals surface area contributed by atoms with Crippen molar-refractivity contribution in [1.29, 1.82) is 10.5 Å². The van der Waals surface area contributed by atoms with Crippen LogP contribution in [0.15, 0.2) is 24.3 Å². The summed E-state index contributed by atoms with van der Waals surface area (Å²) in [4.78, 5) is 7.75. The average Bonchev–Trinajstić information content (AvgIpc) is 2.42. The Bertz CT molecular complexity index is 715. The highest BCUT2D eigenvalue weighted by Gasteiger charge is 2.12. The molecule has 1 heterocycles. The number of nitrogens with one attached hydrogen (secondary N) is 1. The van der Waals surface area contributed by atoms with Crippen LogP contribution in [-0.4, -0.2) is 9.97 Å². The lowest BCUT2D eigenvalue weighted by molar-refractivity contribution is 1.13. The van der Waals surface area contributed by atoms with Crippen molar-refractivity contribution in [3.63, 3.8) is 0 Å². The van der Waals surface area contributed by atoms with E-state index in [0.29, 0.717) is 10.7 Å². The second-order valence-corrected chi connectivity index (χ2v) is 4.15. The smallest absolute Gasteiger partial charge is 0.179 e. The molecule has 0 fully saturated rings. The Hall–Kier alpha value is -2.34. The number of nitriles is 2. The van der Waals surface area contributed by atoms with Gasteiger partial charge in [-0.1, -0.05) is 35.3 Å². The van der Waals surface area contributed by atoms with Gasteiger partial charge in [-0.3, -0.25) is 0 Å². The van der Waals surface area contributed by atoms with E-state index < -0.39 is 0 Å². The Morgan fingerprint density at radius 1 is 1.00 bits per heavy atom. The number of hydrogen-bond donors (Lipinski definition) is 1. The van der Waals surface area contributed by atoms with E-state index in [1.807, 2.05) is 0 Å². The molecule has 92 valence electrons. The van der Waals surface area contributed by atoms with Gasteiger partial charge in [0, 0.05) is 0 Å². The Balaban J connectivity index is 2.45. The number of para-hydroxylation sites is 1. The number of rotatable bonds is 2. The molecule has 0 saturated heterocycles. The van der Waals surface area contributed by atoms with E-state index >= 15 is 0 Å². The number of nitrogens with zero attached hydrogens (tertiary/aromatic N) is 4. The third-order valence-corrected chi connectivity index (χ3v) is 2.79. The van der Waals surface area contributed by atoms with Gasteiger partial charge in [0.2, 0.25) is 0 Å². The van der Waals surface area contributed by atoms with Gasteiger partial charge < -0.3 is 5.32 Å². The molecule has 0 aliphatic carbocycles. The Kier molecular flexibility index (Phi) is 3.82. The lowest BCUT2D eigenvalue weighted by Gasteiger charge is -2.08. The maximum Gasteiger partial charge on any atom is 0.179 e. The fourth-order valence-corrected chi connectivity index (χ4v) is 1.70. The highest BCUT2D eigenvalue weighted by Crippen LogP contribution is 2.27. The topological polar surface area (TPSA) is 85.4 Å². The van der Waals surface area contributed by atoms with Crippen LogP contribution in [0.5, 0.6) is 0 Å². The highest BCUT2D eigenvalue weighted by molar-refractivity contribution is 6.34. The van der Waals surface area contributed by atoms with Gasteiger partial charge in [0.15, 0.2) is 22.4 Å². The molecule has 19 heavy (non-hydrogen) atoms. The van der Waals surface area contributed by atoms with E-state index in [9.17, 15) is 0 Å². The van der Waals surface area contributed by atoms with Crippen LogP contribution in [0.3, 0.4) is 0 Å². The van der Waals surface area contributed by atoms with Gasteiger partial charge >= 0.3 is 0 Å². The molecule has 1 aromatic carbocycles. The SMILES string of the molecule is N#Cc1nc(Cl)c(Nc2ccccc2Cl)nc1C#N. The molecule has 0 spiro atoms. The van der Waals surface area contributed by atoms with Crippen molar-refractivity contribution in [2.24, 2.45) is 0 Å². The first-order valence-corrected chi connectivity index (χ1v) is 5.80. The van der Waals surface area contributed by atoms with Gasteiger partial charge in [0.05, 0.1) is 10.7 Å². The summed E-state index contributed by atoms with van der Waals surface area (Å²) in [5, 5.41) is 21.0. The van der Waals surface area contributed by atoms with Gasteiger partial charge in [-0.05, 0) is 12.1 Å². The summed E-state index contributed by atoms with van der Waals surface area (Å²) in [5.41, 5.74) is 0.368. The quantitative estimate of drug-likeness (QED) is 0.917. The number of halogens is 2. The molecule has 0 bridgehead atoms. The second-order valence-electron chi connectivity index (χ2n) is 3.39. The molecule has 1 N–H and O–H groups in total. The zero-order chi connectivity index (χ0) is 13.8. The predicted molar refractivity (Wildman–Crippen MR) is 71.2 cm³/mol. The molecule has 1 aromatic heterocycles. The van der Waals surface area contributed by atoms with Crippen LogP contribution in [0.2, 0.25) is 10.2 Å². The summed E-state index contributed by atoms with van der Waals surface area (Å²) in [7, 11) is 0. The molecular formula is C12H5Cl2N5. The van der Waals surface area contributed by atoms with E-state index in [1.165, 1.54) is 0 Å². The monoisotopic (exact) mass is 289 g/mol. The predicted octanol–water partition coefficient (Wildman–Crippen LogP) is 3.27. The largest absolute Gasteiger partial charge is 0.336 e. The number of anilines is 2. The summed E-state index contributed by atoms with van der Waals surface area (Å²) >= 11 is 11.9. The first kappa shape index (κ1) is 13.1. The minimum absolute atomic E-state index is 0.00419. The Labute approximate surface area is 119 Å². The van der Waals surface area contributed by atoms with Crippen LogP contribution in [0.1, 0.15) is 11.4 Å². The fourth-order valence-electron chi connectivity index (χ4n) is 1.34. The van der Waals surface area contributed by atoms with E-state index in [1.54, 1.807) is 36.4 Å². The highest BCUT2D eigenvalue weighted by atomic mass is 35.5. The maximum absolute atomic E-state index is 8.89. The van der Waals surface area contributed by atoms with Crippen molar-refractivity contribution in [2.45, 2.75) is 0 Å². The summed E-state index contributed by atoms with van der Waals surface area (Å²) < 4.78 is 0. The summed E-state index contributed by atoms with van der Waals surface area (Å²) in [5.74, 6) is 0.172. The number of hydrogen-bond acceptors (Lipinski definition) is 5. The van der Waals surface area contributed by atoms with Crippen LogP contribution >= 0.6 is 23.2 Å². The molecule has 0 radical (unpaired) electrons. The van der Waals surface area contributed by atoms with Crippen molar-refractivity contribution in [1.82, 2.24) is 9.97 Å². The fraction of sp³-hybridized carbons (Fsp3) is 0. The average molecular weight is 290 g/mol. The molecule has 0 aliphatic rings. The first-order valence-electron chi connectivity index (χ1n) is 5.05. The zero-order valence-corrected chi connectivity index (χ0v) is 10.9. The molecule has 0 atom stereocenters. The molecule has 5 nitrogen and oxygen atoms in total. The third-order valence-electron chi connectivity index (χ3n) is 2.19. The van der Waals surface area contributed by atoms with Gasteiger partial charge in [-0.2, -0.15) is 10.5 Å². The lowest BCUT2D eigenvalue weighted by Crippen LogP contribution is -2.02. The van der Waals surface area contributed by atoms with Crippen LogP contribution in [0, 0.1) is 22.7 Å². The van der Waals surface area contributed by atoms with Crippen molar-refractivity contribution in [2.75, 3.05) is 5.32 Å². The molecule has 2 aromatic rings. The van der Waals surface area contributed by atoms with Crippen molar-refractivity contribution < 1.29 is 0 Å². The first-order chi connectivity index (χ1) is 9.15. The molecule has 0 aliphatic heterocycles. The minimum atomic E-state index is -0.114. The van der Waals surface area contributed by atoms with E-state index in [-0.39, 0.29) is 22.4 Å². The molecule has 7 heteroatoms. The van der Waals surface area contributed by atoms with Gasteiger partial charge in [0.1, 0.15) is 12.1 Å². The third kappa shape index (κ3) is 2.74. The van der Waals surface area contributed by atoms with Gasteiger partial charge in [0.25, 0.3) is 0 Å². The van der Waals surface area contributed by atoms with Crippen LogP contribution in [-0.2, 0) is 0 Å². The summed E-state index contributed by atoms with van der Waals surface area (Å²) in [6, 6.07) is 10.5. The van der Waals surface area contributed by atoms with Crippen LogP contribution in [0.25, 0.3) is 0 Å². The van der Waals surface area contributed by atoms with Crippen molar-refractivity contribution >= 4 is 34.7 Å². The molecule has 0 amide bonds. The van der Waals surface area contributed by atoms with E-state index in [4.69, 9.17) is 33.7 Å². The van der Waals surface area contributed by atoms with Crippen molar-refractivity contribution in [3.05, 3.63) is 45.8 Å². The van der Waals surface area contributed by atoms with Gasteiger partial charge in [-0.15, -0.1) is 0 Å². The number of benzene rings is 1. The van der Waals surface area contributed by atoms with E-state index in [2.05, 4.69) is 15.3 Å². The summed E-state index contributed by atoms with van der Waals surface area (Å²) in [6.45, 7) is 0. The number of aromatic nitrogens is 2. The maximum atomic E-state index is 8.89. The Morgan fingerprint density at radius 3 is 2.26 bits per heavy atom. The standard InChI is InChI=1S/C12H5Cl2N5/c13-7-3-1-2-4-8(7)18-12-11(14)17-9(5-15)10(6-16)19-12/h1-4H,(H,18,19). The normalized spacial score (nSPS) is 9.47. The van der Waals surface area contributed by atoms with Crippen molar-refractivity contribution in [3.8, 4) is 12.1 Å². The molecule has 0 unspecified atom stereocenters. The summed E-state index contributed by atoms with van der Waals surface area (Å²) in [6.07, 6.45) is 0. The zero-order valence-electron chi connectivity index (χ0n) is 9.35. The van der Waals surface area contributed by atoms with Crippen LogP contribution in [0.4, 0.5) is 11.5 Å². The molecule has 0 saturated carbocycles. The minimum Gasteiger partial charge on any atom is -0.336 e. The second kappa shape index (κ2) is 5.53. The molecule has 2 rings (SSSR count). The van der Waals surface area contributed by atoms with Gasteiger partial charge in [-0.25, -0.2) is 9.97 Å². The van der Waals surface area contributed by atoms with Crippen LogP contribution < -0.4 is 5.32 Å². The Morgan fingerprint density at radius 2 is 1.63 bits per heavy atom.